The van der Waals surface area contributed by atoms with Gasteiger partial charge in [-0.3, -0.25) is 4.90 Å². The number of aliphatic hydroxyl groups is 2. The van der Waals surface area contributed by atoms with Gasteiger partial charge >= 0.3 is 6.03 Å². The Morgan fingerprint density at radius 1 is 1.56 bits per heavy atom. The minimum atomic E-state index is -0.816. The normalized spacial score (nSPS) is 15.9. The molecule has 0 spiro atoms. The van der Waals surface area contributed by atoms with Gasteiger partial charge in [0.1, 0.15) is 0 Å². The van der Waals surface area contributed by atoms with Gasteiger partial charge in [0.05, 0.1) is 24.1 Å². The summed E-state index contributed by atoms with van der Waals surface area (Å²) in [5, 5.41) is 23.9. The topological polar surface area (TPSA) is 84.8 Å². The number of aliphatic hydroxyl groups excluding tert-OH is 2. The van der Waals surface area contributed by atoms with Crippen LogP contribution in [0.1, 0.15) is 5.56 Å². The summed E-state index contributed by atoms with van der Waals surface area (Å²) in [5.74, 6) is 0. The van der Waals surface area contributed by atoms with Crippen molar-refractivity contribution in [3.05, 3.63) is 23.8 Å². The van der Waals surface area contributed by atoms with Gasteiger partial charge in [-0.15, -0.1) is 0 Å². The number of fused-ring (bicyclic) bond motifs is 1. The Bertz CT molecular complexity index is 450. The van der Waals surface area contributed by atoms with E-state index in [2.05, 4.69) is 10.6 Å². The molecule has 0 radical (unpaired) electrons. The van der Waals surface area contributed by atoms with E-state index < -0.39 is 6.10 Å². The first kappa shape index (κ1) is 12.7. The fraction of sp³-hybridized carbons (Fsp3) is 0.417. The fourth-order valence-corrected chi connectivity index (χ4v) is 1.96. The van der Waals surface area contributed by atoms with Gasteiger partial charge in [-0.05, 0) is 11.6 Å². The lowest BCUT2D eigenvalue weighted by molar-refractivity contribution is 0.105. The molecule has 0 fully saturated rings. The summed E-state index contributed by atoms with van der Waals surface area (Å²) < 4.78 is 0. The van der Waals surface area contributed by atoms with Crippen molar-refractivity contribution in [2.45, 2.75) is 12.6 Å². The quantitative estimate of drug-likeness (QED) is 0.612. The number of amides is 2. The molecule has 1 atom stereocenters. The van der Waals surface area contributed by atoms with Crippen molar-refractivity contribution in [1.29, 1.82) is 0 Å². The molecule has 6 nitrogen and oxygen atoms in total. The van der Waals surface area contributed by atoms with Crippen LogP contribution in [-0.4, -0.2) is 42.5 Å². The summed E-state index contributed by atoms with van der Waals surface area (Å²) in [5.41, 5.74) is 2.60. The van der Waals surface area contributed by atoms with Crippen molar-refractivity contribution >= 4 is 17.4 Å². The van der Waals surface area contributed by atoms with Gasteiger partial charge in [-0.2, -0.15) is 0 Å². The number of carbonyl (C=O) groups excluding carboxylic acids is 1. The van der Waals surface area contributed by atoms with Crippen LogP contribution in [0.15, 0.2) is 18.2 Å². The maximum atomic E-state index is 11.6. The van der Waals surface area contributed by atoms with Crippen LogP contribution < -0.4 is 15.5 Å². The molecule has 0 aliphatic carbocycles. The minimum absolute atomic E-state index is 0.153. The van der Waals surface area contributed by atoms with E-state index in [0.29, 0.717) is 6.54 Å². The average molecular weight is 251 g/mol. The molecule has 6 heteroatoms. The van der Waals surface area contributed by atoms with Crippen molar-refractivity contribution < 1.29 is 15.0 Å². The maximum Gasteiger partial charge on any atom is 0.321 e. The number of rotatable bonds is 4. The van der Waals surface area contributed by atoms with E-state index in [-0.39, 0.29) is 19.2 Å². The second-order valence-corrected chi connectivity index (χ2v) is 4.25. The number of para-hydroxylation sites is 1. The lowest BCUT2D eigenvalue weighted by atomic mass is 10.1. The number of hydrogen-bond acceptors (Lipinski definition) is 4. The molecule has 0 bridgehead atoms. The highest BCUT2D eigenvalue weighted by Crippen LogP contribution is 2.31. The summed E-state index contributed by atoms with van der Waals surface area (Å²) in [7, 11) is 1.70. The van der Waals surface area contributed by atoms with E-state index in [1.807, 2.05) is 18.2 Å². The predicted octanol–water partition coefficient (Wildman–Crippen LogP) is 0.111. The van der Waals surface area contributed by atoms with E-state index in [0.717, 1.165) is 16.9 Å². The van der Waals surface area contributed by atoms with Crippen LogP contribution in [0.25, 0.3) is 0 Å². The number of nitrogens with zero attached hydrogens (tertiary/aromatic N) is 1. The van der Waals surface area contributed by atoms with Gasteiger partial charge in [-0.25, -0.2) is 4.79 Å². The Morgan fingerprint density at radius 3 is 3.06 bits per heavy atom. The lowest BCUT2D eigenvalue weighted by Gasteiger charge is -2.29. The summed E-state index contributed by atoms with van der Waals surface area (Å²) in [6.07, 6.45) is -0.816. The molecule has 0 saturated heterocycles. The third-order valence-electron chi connectivity index (χ3n) is 2.93. The second kappa shape index (κ2) is 5.24. The molecule has 1 aromatic rings. The van der Waals surface area contributed by atoms with Gasteiger partial charge < -0.3 is 20.8 Å². The largest absolute Gasteiger partial charge is 0.394 e. The molecule has 4 N–H and O–H groups in total. The first-order valence-corrected chi connectivity index (χ1v) is 5.79. The molecule has 1 aliphatic heterocycles. The number of nitrogens with one attached hydrogen (secondary N) is 2. The smallest absolute Gasteiger partial charge is 0.321 e. The summed E-state index contributed by atoms with van der Waals surface area (Å²) >= 11 is 0. The van der Waals surface area contributed by atoms with Crippen LogP contribution >= 0.6 is 0 Å². The van der Waals surface area contributed by atoms with E-state index in [4.69, 9.17) is 5.11 Å². The zero-order valence-corrected chi connectivity index (χ0v) is 10.2. The molecule has 1 heterocycles. The van der Waals surface area contributed by atoms with Crippen LogP contribution in [-0.2, 0) is 6.54 Å². The fourth-order valence-electron chi connectivity index (χ4n) is 1.96. The number of urea groups is 1. The van der Waals surface area contributed by atoms with Crippen molar-refractivity contribution in [2.24, 2.45) is 0 Å². The van der Waals surface area contributed by atoms with Gasteiger partial charge in [0.25, 0.3) is 0 Å². The lowest BCUT2D eigenvalue weighted by Crippen LogP contribution is -2.42. The molecular formula is C12H17N3O3. The van der Waals surface area contributed by atoms with Crippen LogP contribution in [0.3, 0.4) is 0 Å². The molecule has 1 aliphatic rings. The van der Waals surface area contributed by atoms with Crippen LogP contribution in [0.5, 0.6) is 0 Å². The van der Waals surface area contributed by atoms with E-state index in [1.54, 1.807) is 7.05 Å². The van der Waals surface area contributed by atoms with Crippen LogP contribution in [0, 0.1) is 0 Å². The predicted molar refractivity (Wildman–Crippen MR) is 68.7 cm³/mol. The van der Waals surface area contributed by atoms with Gasteiger partial charge in [-0.1, -0.05) is 12.1 Å². The standard InChI is InChI=1S/C12H17N3O3/c1-15-11-8(5-14-12(15)18)3-2-4-10(11)13-6-9(17)7-16/h2-4,9,13,16-17H,5-7H2,1H3,(H,14,18). The summed E-state index contributed by atoms with van der Waals surface area (Å²) in [4.78, 5) is 13.1. The second-order valence-electron chi connectivity index (χ2n) is 4.25. The highest BCUT2D eigenvalue weighted by molar-refractivity contribution is 5.98. The molecule has 2 rings (SSSR count). The molecular weight excluding hydrogens is 234 g/mol. The monoisotopic (exact) mass is 251 g/mol. The third-order valence-corrected chi connectivity index (χ3v) is 2.93. The van der Waals surface area contributed by atoms with Crippen molar-refractivity contribution in [2.75, 3.05) is 30.4 Å². The number of hydrogen-bond donors (Lipinski definition) is 4. The Morgan fingerprint density at radius 2 is 2.33 bits per heavy atom. The van der Waals surface area contributed by atoms with E-state index in [9.17, 15) is 9.90 Å². The van der Waals surface area contributed by atoms with Gasteiger partial charge in [0.2, 0.25) is 0 Å². The summed E-state index contributed by atoms with van der Waals surface area (Å²) in [6, 6.07) is 5.52. The summed E-state index contributed by atoms with van der Waals surface area (Å²) in [6.45, 7) is 0.442. The molecule has 1 unspecified atom stereocenters. The first-order chi connectivity index (χ1) is 8.63. The maximum absolute atomic E-state index is 11.6. The van der Waals surface area contributed by atoms with Crippen LogP contribution in [0.2, 0.25) is 0 Å². The van der Waals surface area contributed by atoms with E-state index in [1.165, 1.54) is 4.90 Å². The molecule has 0 aromatic heterocycles. The molecule has 18 heavy (non-hydrogen) atoms. The van der Waals surface area contributed by atoms with E-state index >= 15 is 0 Å². The Balaban J connectivity index is 2.23. The van der Waals surface area contributed by atoms with Crippen molar-refractivity contribution in [1.82, 2.24) is 5.32 Å². The Labute approximate surface area is 105 Å². The van der Waals surface area contributed by atoms with Crippen molar-refractivity contribution in [3.8, 4) is 0 Å². The van der Waals surface area contributed by atoms with Gasteiger partial charge in [0.15, 0.2) is 0 Å². The molecule has 0 saturated carbocycles. The first-order valence-electron chi connectivity index (χ1n) is 5.79. The van der Waals surface area contributed by atoms with Crippen LogP contribution in [0.4, 0.5) is 16.2 Å². The zero-order chi connectivity index (χ0) is 13.1. The number of benzene rings is 1. The molecule has 1 aromatic carbocycles. The number of anilines is 2. The highest BCUT2D eigenvalue weighted by atomic mass is 16.3. The minimum Gasteiger partial charge on any atom is -0.394 e. The Hall–Kier alpha value is -1.79. The zero-order valence-electron chi connectivity index (χ0n) is 10.2. The highest BCUT2D eigenvalue weighted by Gasteiger charge is 2.23. The SMILES string of the molecule is CN1C(=O)NCc2cccc(NCC(O)CO)c21. The van der Waals surface area contributed by atoms with Gasteiger partial charge in [0, 0.05) is 20.1 Å². The third kappa shape index (κ3) is 2.39. The molecule has 2 amide bonds. The molecule has 98 valence electrons. The van der Waals surface area contributed by atoms with Crippen molar-refractivity contribution in [3.63, 3.8) is 0 Å². The average Bonchev–Trinajstić information content (AvgIpc) is 2.40. The number of carbonyl (C=O) groups is 1. The Kier molecular flexibility index (Phi) is 3.69.